The summed E-state index contributed by atoms with van der Waals surface area (Å²) in [6.07, 6.45) is 3.53. The van der Waals surface area contributed by atoms with E-state index in [-0.39, 0.29) is 6.04 Å². The molecule has 0 saturated heterocycles. The third-order valence-electron chi connectivity index (χ3n) is 4.69. The second-order valence-corrected chi connectivity index (χ2v) is 6.58. The van der Waals surface area contributed by atoms with Gasteiger partial charge in [0, 0.05) is 25.0 Å². The highest BCUT2D eigenvalue weighted by Gasteiger charge is 2.11. The van der Waals surface area contributed by atoms with Gasteiger partial charge in [0.2, 0.25) is 0 Å². The van der Waals surface area contributed by atoms with Crippen LogP contribution in [0, 0.1) is 6.92 Å². The normalized spacial score (nSPS) is 11.8. The van der Waals surface area contributed by atoms with E-state index < -0.39 is 0 Å². The Labute approximate surface area is 161 Å². The predicted molar refractivity (Wildman–Crippen MR) is 108 cm³/mol. The predicted octanol–water partition coefficient (Wildman–Crippen LogP) is 4.83. The zero-order valence-corrected chi connectivity index (χ0v) is 16.1. The Bertz CT molecular complexity index is 865. The van der Waals surface area contributed by atoms with Crippen molar-refractivity contribution in [2.24, 2.45) is 0 Å². The molecule has 140 valence electrons. The highest BCUT2D eigenvalue weighted by molar-refractivity contribution is 5.44. The van der Waals surface area contributed by atoms with Crippen molar-refractivity contribution in [2.45, 2.75) is 33.0 Å². The van der Waals surface area contributed by atoms with Gasteiger partial charge in [-0.3, -0.25) is 4.98 Å². The Morgan fingerprint density at radius 1 is 1.00 bits per heavy atom. The van der Waals surface area contributed by atoms with Crippen molar-refractivity contribution in [1.29, 1.82) is 0 Å². The van der Waals surface area contributed by atoms with Gasteiger partial charge >= 0.3 is 0 Å². The number of aromatic nitrogens is 1. The lowest BCUT2D eigenvalue weighted by molar-refractivity contribution is 0.284. The summed E-state index contributed by atoms with van der Waals surface area (Å²) in [6.45, 7) is 5.61. The van der Waals surface area contributed by atoms with E-state index in [1.54, 1.807) is 19.5 Å². The number of methoxy groups -OCH3 is 1. The van der Waals surface area contributed by atoms with Crippen LogP contribution in [0.5, 0.6) is 11.5 Å². The summed E-state index contributed by atoms with van der Waals surface area (Å²) in [5, 5.41) is 3.58. The molecule has 0 saturated carbocycles. The Hall–Kier alpha value is -2.85. The van der Waals surface area contributed by atoms with Crippen molar-refractivity contribution in [3.63, 3.8) is 0 Å². The highest BCUT2D eigenvalue weighted by atomic mass is 16.5. The molecular formula is C23H26N2O2. The largest absolute Gasteiger partial charge is 0.493 e. The van der Waals surface area contributed by atoms with Crippen LogP contribution in [0.4, 0.5) is 0 Å². The van der Waals surface area contributed by atoms with Gasteiger partial charge in [0.1, 0.15) is 6.61 Å². The van der Waals surface area contributed by atoms with Crippen molar-refractivity contribution < 1.29 is 9.47 Å². The number of rotatable bonds is 8. The Morgan fingerprint density at radius 2 is 1.78 bits per heavy atom. The lowest BCUT2D eigenvalue weighted by Crippen LogP contribution is -2.18. The summed E-state index contributed by atoms with van der Waals surface area (Å²) in [6, 6.07) is 18.6. The van der Waals surface area contributed by atoms with E-state index >= 15 is 0 Å². The molecular weight excluding hydrogens is 336 g/mol. The van der Waals surface area contributed by atoms with E-state index in [1.807, 2.05) is 24.3 Å². The van der Waals surface area contributed by atoms with Gasteiger partial charge in [0.05, 0.1) is 7.11 Å². The van der Waals surface area contributed by atoms with Gasteiger partial charge in [-0.25, -0.2) is 0 Å². The number of hydrogen-bond donors (Lipinski definition) is 1. The van der Waals surface area contributed by atoms with Gasteiger partial charge in [-0.15, -0.1) is 0 Å². The number of nitrogens with zero attached hydrogens (tertiary/aromatic N) is 1. The number of ether oxygens (including phenoxy) is 2. The smallest absolute Gasteiger partial charge is 0.161 e. The molecule has 3 rings (SSSR count). The highest BCUT2D eigenvalue weighted by Crippen LogP contribution is 2.31. The van der Waals surface area contributed by atoms with Gasteiger partial charge in [0.15, 0.2) is 11.5 Å². The van der Waals surface area contributed by atoms with Crippen LogP contribution in [0.2, 0.25) is 0 Å². The number of pyridine rings is 1. The number of aryl methyl sites for hydroxylation is 1. The third kappa shape index (κ3) is 5.08. The average molecular weight is 362 g/mol. The molecule has 2 aromatic carbocycles. The van der Waals surface area contributed by atoms with Crippen molar-refractivity contribution in [3.05, 3.63) is 89.2 Å². The van der Waals surface area contributed by atoms with E-state index in [1.165, 1.54) is 11.1 Å². The van der Waals surface area contributed by atoms with Crippen LogP contribution in [-0.4, -0.2) is 12.1 Å². The Morgan fingerprint density at radius 3 is 2.52 bits per heavy atom. The fraction of sp³-hybridized carbons (Fsp3) is 0.261. The Balaban J connectivity index is 1.65. The molecule has 0 radical (unpaired) electrons. The summed E-state index contributed by atoms with van der Waals surface area (Å²) in [5.74, 6) is 1.48. The maximum absolute atomic E-state index is 5.92. The molecule has 1 N–H and O–H groups in total. The second kappa shape index (κ2) is 9.19. The minimum absolute atomic E-state index is 0.202. The minimum Gasteiger partial charge on any atom is -0.493 e. The van der Waals surface area contributed by atoms with E-state index in [0.29, 0.717) is 6.61 Å². The zero-order chi connectivity index (χ0) is 19.1. The first kappa shape index (κ1) is 18.9. The molecule has 0 aliphatic heterocycles. The molecule has 4 heteroatoms. The first-order valence-corrected chi connectivity index (χ1v) is 9.15. The standard InChI is InChI=1S/C23H26N2O2/c1-17-6-4-5-7-21(17)15-25-18(2)20-8-9-22(23(14-20)26-3)27-16-19-10-12-24-13-11-19/h4-14,18,25H,15-16H2,1-3H3. The van der Waals surface area contributed by atoms with E-state index in [9.17, 15) is 0 Å². The van der Waals surface area contributed by atoms with E-state index in [0.717, 1.165) is 29.2 Å². The quantitative estimate of drug-likeness (QED) is 0.623. The molecule has 0 spiro atoms. The summed E-state index contributed by atoms with van der Waals surface area (Å²) in [7, 11) is 1.67. The summed E-state index contributed by atoms with van der Waals surface area (Å²) in [5.41, 5.74) is 4.85. The monoisotopic (exact) mass is 362 g/mol. The molecule has 4 nitrogen and oxygen atoms in total. The molecule has 0 aliphatic rings. The van der Waals surface area contributed by atoms with Crippen LogP contribution in [0.25, 0.3) is 0 Å². The lowest BCUT2D eigenvalue weighted by atomic mass is 10.1. The number of nitrogens with one attached hydrogen (secondary N) is 1. The van der Waals surface area contributed by atoms with Crippen molar-refractivity contribution >= 4 is 0 Å². The molecule has 27 heavy (non-hydrogen) atoms. The first-order valence-electron chi connectivity index (χ1n) is 9.15. The minimum atomic E-state index is 0.202. The zero-order valence-electron chi connectivity index (χ0n) is 16.1. The molecule has 1 atom stereocenters. The second-order valence-electron chi connectivity index (χ2n) is 6.58. The van der Waals surface area contributed by atoms with Gasteiger partial charge in [-0.05, 0) is 60.4 Å². The molecule has 0 bridgehead atoms. The topological polar surface area (TPSA) is 43.4 Å². The SMILES string of the molecule is COc1cc(C(C)NCc2ccccc2C)ccc1OCc1ccncc1. The third-order valence-corrected chi connectivity index (χ3v) is 4.69. The molecule has 1 heterocycles. The van der Waals surface area contributed by atoms with Gasteiger partial charge in [-0.2, -0.15) is 0 Å². The Kier molecular flexibility index (Phi) is 6.44. The summed E-state index contributed by atoms with van der Waals surface area (Å²) in [4.78, 5) is 4.02. The van der Waals surface area contributed by atoms with Crippen LogP contribution in [-0.2, 0) is 13.2 Å². The molecule has 1 unspecified atom stereocenters. The maximum atomic E-state index is 5.92. The average Bonchev–Trinajstić information content (AvgIpc) is 2.72. The van der Waals surface area contributed by atoms with Crippen LogP contribution < -0.4 is 14.8 Å². The summed E-state index contributed by atoms with van der Waals surface area (Å²) < 4.78 is 11.5. The lowest BCUT2D eigenvalue weighted by Gasteiger charge is -2.18. The molecule has 0 fully saturated rings. The molecule has 0 aliphatic carbocycles. The van der Waals surface area contributed by atoms with Crippen LogP contribution >= 0.6 is 0 Å². The van der Waals surface area contributed by atoms with E-state index in [2.05, 4.69) is 54.5 Å². The number of benzene rings is 2. The molecule has 3 aromatic rings. The van der Waals surface area contributed by atoms with Crippen LogP contribution in [0.15, 0.2) is 67.0 Å². The van der Waals surface area contributed by atoms with Crippen molar-refractivity contribution in [3.8, 4) is 11.5 Å². The van der Waals surface area contributed by atoms with E-state index in [4.69, 9.17) is 9.47 Å². The van der Waals surface area contributed by atoms with Gasteiger partial charge in [0.25, 0.3) is 0 Å². The molecule has 1 aromatic heterocycles. The first-order chi connectivity index (χ1) is 13.2. The maximum Gasteiger partial charge on any atom is 0.161 e. The van der Waals surface area contributed by atoms with Crippen molar-refractivity contribution in [1.82, 2.24) is 10.3 Å². The van der Waals surface area contributed by atoms with Crippen molar-refractivity contribution in [2.75, 3.05) is 7.11 Å². The number of hydrogen-bond acceptors (Lipinski definition) is 4. The summed E-state index contributed by atoms with van der Waals surface area (Å²) >= 11 is 0. The van der Waals surface area contributed by atoms with Gasteiger partial charge in [-0.1, -0.05) is 30.3 Å². The van der Waals surface area contributed by atoms with Gasteiger partial charge < -0.3 is 14.8 Å². The fourth-order valence-corrected chi connectivity index (χ4v) is 2.90. The fourth-order valence-electron chi connectivity index (χ4n) is 2.90. The van der Waals surface area contributed by atoms with Crippen LogP contribution in [0.3, 0.4) is 0 Å². The molecule has 0 amide bonds. The van der Waals surface area contributed by atoms with Crippen LogP contribution in [0.1, 0.15) is 35.2 Å².